The summed E-state index contributed by atoms with van der Waals surface area (Å²) in [5.74, 6) is 1.50. The number of hydrogen-bond donors (Lipinski definition) is 1. The SMILES string of the molecule is C1=C(c2ccccc2)/C(=[15N]/c2[15nH]c(-c3ccccc3)cc2-c2ccccc2)[15N]=C1c1ccccc1. The van der Waals surface area contributed by atoms with Gasteiger partial charge in [-0.2, -0.15) is 0 Å². The second-order valence-electron chi connectivity index (χ2n) is 8.40. The number of nitrogens with one attached hydrogen (secondary N) is 1. The Hall–Kier alpha value is -4.76. The Kier molecular flexibility index (Phi) is 5.50. The molecule has 1 aromatic heterocycles. The van der Waals surface area contributed by atoms with Crippen LogP contribution in [0.25, 0.3) is 28.0 Å². The van der Waals surface area contributed by atoms with E-state index in [0.29, 0.717) is 5.84 Å². The predicted molar refractivity (Wildman–Crippen MR) is 146 cm³/mol. The third kappa shape index (κ3) is 4.28. The van der Waals surface area contributed by atoms with E-state index in [0.717, 1.165) is 50.6 Å². The molecule has 0 radical (unpaired) electrons. The third-order valence-electron chi connectivity index (χ3n) is 6.09. The van der Waals surface area contributed by atoms with Crippen LogP contribution in [0.4, 0.5) is 5.82 Å². The summed E-state index contributed by atoms with van der Waals surface area (Å²) in [7, 11) is 0. The van der Waals surface area contributed by atoms with Crippen molar-refractivity contribution in [2.24, 2.45) is 9.98 Å². The predicted octanol–water partition coefficient (Wildman–Crippen LogP) is 7.97. The van der Waals surface area contributed by atoms with Crippen molar-refractivity contribution in [3.8, 4) is 22.4 Å². The standard InChI is InChI=1S/C32H23N3/c1-5-13-23(14-6-1)27-21-29(25-17-9-3-10-18-25)33-31(27)35-32-28(24-15-7-2-8-16-24)22-30(34-32)26-19-11-4-12-20-26/h1-22,33H/b35-32-/i33+1,34+1,35+1. The lowest BCUT2D eigenvalue weighted by atomic mass is 10.0. The zero-order chi connectivity index (χ0) is 23.5. The maximum absolute atomic E-state index is 5.12. The summed E-state index contributed by atoms with van der Waals surface area (Å²) < 4.78 is 0. The van der Waals surface area contributed by atoms with Gasteiger partial charge in [0.2, 0.25) is 0 Å². The minimum absolute atomic E-state index is 0.702. The van der Waals surface area contributed by atoms with E-state index in [9.17, 15) is 0 Å². The van der Waals surface area contributed by atoms with Gasteiger partial charge in [-0.1, -0.05) is 121 Å². The van der Waals surface area contributed by atoms with Gasteiger partial charge in [0.25, 0.3) is 0 Å². The molecule has 0 aliphatic carbocycles. The number of allylic oxidation sites excluding steroid dienone is 1. The molecule has 35 heavy (non-hydrogen) atoms. The zero-order valence-corrected chi connectivity index (χ0v) is 19.1. The van der Waals surface area contributed by atoms with Crippen molar-refractivity contribution in [2.75, 3.05) is 0 Å². The average molecular weight is 453 g/mol. The second kappa shape index (κ2) is 9.24. The van der Waals surface area contributed by atoms with E-state index < -0.39 is 0 Å². The molecular formula is C32H23N3. The van der Waals surface area contributed by atoms with Crippen molar-refractivity contribution in [3.05, 3.63) is 145 Å². The number of hydrogen-bond acceptors (Lipinski definition) is 1. The first kappa shape index (κ1) is 20.8. The second-order valence-corrected chi connectivity index (χ2v) is 8.40. The highest BCUT2D eigenvalue weighted by atomic mass is 15.7. The van der Waals surface area contributed by atoms with Gasteiger partial charge >= 0.3 is 0 Å². The first-order valence-corrected chi connectivity index (χ1v) is 11.7. The van der Waals surface area contributed by atoms with Crippen LogP contribution in [0.2, 0.25) is 0 Å². The maximum atomic E-state index is 5.12. The lowest BCUT2D eigenvalue weighted by molar-refractivity contribution is 1.33. The van der Waals surface area contributed by atoms with Gasteiger partial charge in [0.15, 0.2) is 5.84 Å². The highest BCUT2D eigenvalue weighted by Gasteiger charge is 2.20. The van der Waals surface area contributed by atoms with E-state index in [1.165, 1.54) is 0 Å². The third-order valence-corrected chi connectivity index (χ3v) is 6.09. The first-order valence-electron chi connectivity index (χ1n) is 11.7. The highest BCUT2D eigenvalue weighted by molar-refractivity contribution is 6.38. The van der Waals surface area contributed by atoms with Crippen LogP contribution in [0.15, 0.2) is 143 Å². The number of amidine groups is 1. The molecule has 5 aromatic rings. The Labute approximate surface area is 204 Å². The maximum Gasteiger partial charge on any atom is 0.162 e. The molecule has 0 bridgehead atoms. The molecule has 4 aromatic carbocycles. The molecule has 0 fully saturated rings. The first-order chi connectivity index (χ1) is 17.3. The summed E-state index contributed by atoms with van der Waals surface area (Å²) in [5, 5.41) is 0. The fourth-order valence-corrected chi connectivity index (χ4v) is 4.33. The lowest BCUT2D eigenvalue weighted by Crippen LogP contribution is -1.95. The van der Waals surface area contributed by atoms with E-state index in [1.54, 1.807) is 0 Å². The normalized spacial score (nSPS) is 14.1. The number of rotatable bonds is 5. The van der Waals surface area contributed by atoms with Gasteiger partial charge in [-0.05, 0) is 28.8 Å². The van der Waals surface area contributed by atoms with Crippen LogP contribution in [0.3, 0.4) is 0 Å². The van der Waals surface area contributed by atoms with E-state index >= 15 is 0 Å². The van der Waals surface area contributed by atoms with Crippen molar-refractivity contribution in [1.29, 1.82) is 0 Å². The molecule has 3 heteroatoms. The van der Waals surface area contributed by atoms with Crippen LogP contribution in [0.5, 0.6) is 0 Å². The van der Waals surface area contributed by atoms with E-state index in [-0.39, 0.29) is 0 Å². The molecule has 0 spiro atoms. The molecule has 1 N–H and O–H groups in total. The highest BCUT2D eigenvalue weighted by Crippen LogP contribution is 2.36. The molecular weight excluding hydrogens is 429 g/mol. The van der Waals surface area contributed by atoms with Gasteiger partial charge in [0.05, 0.1) is 5.71 Å². The summed E-state index contributed by atoms with van der Waals surface area (Å²) in [5.41, 5.74) is 8.41. The monoisotopic (exact) mass is 452 g/mol. The van der Waals surface area contributed by atoms with Crippen LogP contribution in [0, 0.1) is 0 Å². The van der Waals surface area contributed by atoms with Crippen molar-refractivity contribution >= 4 is 22.9 Å². The van der Waals surface area contributed by atoms with E-state index in [1.807, 2.05) is 60.7 Å². The molecule has 1 aliphatic heterocycles. The number of nitrogens with zero attached hydrogens (tertiary/aromatic N) is 2. The van der Waals surface area contributed by atoms with Gasteiger partial charge < -0.3 is 4.98 Å². The van der Waals surface area contributed by atoms with Crippen LogP contribution in [-0.2, 0) is 0 Å². The van der Waals surface area contributed by atoms with Gasteiger partial charge in [-0.15, -0.1) is 0 Å². The Morgan fingerprint density at radius 3 is 1.66 bits per heavy atom. The minimum Gasteiger partial charge on any atom is -0.339 e. The topological polar surface area (TPSA) is 40.5 Å². The van der Waals surface area contributed by atoms with E-state index in [2.05, 4.69) is 77.8 Å². The summed E-state index contributed by atoms with van der Waals surface area (Å²) >= 11 is 0. The molecule has 1 aliphatic rings. The van der Waals surface area contributed by atoms with Crippen molar-refractivity contribution in [2.45, 2.75) is 0 Å². The Balaban J connectivity index is 1.52. The fraction of sp³-hybridized carbons (Fsp3) is 0. The van der Waals surface area contributed by atoms with Crippen molar-refractivity contribution < 1.29 is 0 Å². The fourth-order valence-electron chi connectivity index (χ4n) is 4.33. The van der Waals surface area contributed by atoms with Gasteiger partial charge in [0, 0.05) is 22.4 Å². The largest absolute Gasteiger partial charge is 0.339 e. The van der Waals surface area contributed by atoms with Gasteiger partial charge in [-0.25, -0.2) is 9.98 Å². The summed E-state index contributed by atoms with van der Waals surface area (Å²) in [4.78, 5) is 13.7. The molecule has 3 nitrogen and oxygen atoms in total. The minimum atomic E-state index is 0.702. The molecule has 0 atom stereocenters. The number of aromatic nitrogens is 1. The number of H-pyrrole nitrogens is 1. The van der Waals surface area contributed by atoms with Gasteiger partial charge in [-0.3, -0.25) is 0 Å². The van der Waals surface area contributed by atoms with E-state index in [4.69, 9.17) is 9.98 Å². The summed E-state index contributed by atoms with van der Waals surface area (Å²) in [6, 6.07) is 43.5. The molecule has 0 saturated carbocycles. The Morgan fingerprint density at radius 1 is 0.543 bits per heavy atom. The van der Waals surface area contributed by atoms with Crippen LogP contribution >= 0.6 is 0 Å². The van der Waals surface area contributed by atoms with Crippen LogP contribution < -0.4 is 0 Å². The number of benzene rings is 4. The molecule has 0 saturated heterocycles. The zero-order valence-electron chi connectivity index (χ0n) is 19.1. The molecule has 6 rings (SSSR count). The van der Waals surface area contributed by atoms with Crippen LogP contribution in [-0.4, -0.2) is 16.5 Å². The Morgan fingerprint density at radius 2 is 1.06 bits per heavy atom. The molecule has 0 amide bonds. The molecule has 2 heterocycles. The lowest BCUT2D eigenvalue weighted by Gasteiger charge is -2.04. The van der Waals surface area contributed by atoms with Crippen molar-refractivity contribution in [3.63, 3.8) is 0 Å². The average Bonchev–Trinajstić information content (AvgIpc) is 3.56. The number of aromatic amines is 1. The number of aliphatic imine (C=N–C) groups is 2. The molecule has 0 unspecified atom stereocenters. The van der Waals surface area contributed by atoms with Crippen molar-refractivity contribution in [1.82, 2.24) is 4.98 Å². The summed E-state index contributed by atoms with van der Waals surface area (Å²) in [6.45, 7) is 0. The molecule has 166 valence electrons. The summed E-state index contributed by atoms with van der Waals surface area (Å²) in [6.07, 6.45) is 2.13. The quantitative estimate of drug-likeness (QED) is 0.263. The smallest absolute Gasteiger partial charge is 0.162 e. The Bertz CT molecular complexity index is 1540. The van der Waals surface area contributed by atoms with Gasteiger partial charge in [0.1, 0.15) is 5.82 Å². The van der Waals surface area contributed by atoms with Crippen LogP contribution in [0.1, 0.15) is 11.1 Å².